The second-order valence-electron chi connectivity index (χ2n) is 6.69. The van der Waals surface area contributed by atoms with Crippen molar-refractivity contribution in [2.75, 3.05) is 4.90 Å². The maximum atomic E-state index is 12.9. The molecule has 6 nitrogen and oxygen atoms in total. The quantitative estimate of drug-likeness (QED) is 0.438. The van der Waals surface area contributed by atoms with Crippen LogP contribution in [0.15, 0.2) is 75.1 Å². The minimum absolute atomic E-state index is 0.175. The summed E-state index contributed by atoms with van der Waals surface area (Å²) in [5.74, 6) is -0.522. The second kappa shape index (κ2) is 8.12. The molecule has 0 atom stereocenters. The molecule has 1 fully saturated rings. The van der Waals surface area contributed by atoms with E-state index in [9.17, 15) is 14.4 Å². The molecule has 0 radical (unpaired) electrons. The van der Waals surface area contributed by atoms with Gasteiger partial charge in [0.15, 0.2) is 0 Å². The van der Waals surface area contributed by atoms with Gasteiger partial charge in [0.05, 0.1) is 5.69 Å². The maximum Gasteiger partial charge on any atom is 0.335 e. The van der Waals surface area contributed by atoms with Crippen molar-refractivity contribution in [1.29, 1.82) is 0 Å². The third kappa shape index (κ3) is 3.84. The zero-order valence-corrected chi connectivity index (χ0v) is 17.6. The first-order valence-corrected chi connectivity index (χ1v) is 10.1. The number of urea groups is 1. The lowest BCUT2D eigenvalue weighted by molar-refractivity contribution is -0.122. The van der Waals surface area contributed by atoms with Crippen molar-refractivity contribution in [2.24, 2.45) is 0 Å². The largest absolute Gasteiger partial charge is 0.457 e. The van der Waals surface area contributed by atoms with Crippen LogP contribution < -0.4 is 10.2 Å². The molecule has 3 aromatic rings. The minimum Gasteiger partial charge on any atom is -0.457 e. The number of imide groups is 2. The van der Waals surface area contributed by atoms with Crippen LogP contribution in [0.4, 0.5) is 10.5 Å². The number of carbonyl (C=O) groups excluding carboxylic acids is 3. The molecule has 0 saturated carbocycles. The average Bonchev–Trinajstić information content (AvgIpc) is 3.21. The highest BCUT2D eigenvalue weighted by Crippen LogP contribution is 2.27. The fraction of sp³-hybridized carbons (Fsp3) is 0.0870. The minimum atomic E-state index is -0.776. The Kier molecular flexibility index (Phi) is 5.37. The Morgan fingerprint density at radius 2 is 1.67 bits per heavy atom. The predicted octanol–water partition coefficient (Wildman–Crippen LogP) is 4.94. The smallest absolute Gasteiger partial charge is 0.335 e. The van der Waals surface area contributed by atoms with Crippen LogP contribution in [0.5, 0.6) is 0 Å². The summed E-state index contributed by atoms with van der Waals surface area (Å²) in [4.78, 5) is 38.5. The van der Waals surface area contributed by atoms with E-state index < -0.39 is 17.8 Å². The summed E-state index contributed by atoms with van der Waals surface area (Å²) in [7, 11) is 0. The van der Waals surface area contributed by atoms with E-state index in [0.717, 1.165) is 26.9 Å². The van der Waals surface area contributed by atoms with Crippen LogP contribution in [0.3, 0.4) is 0 Å². The van der Waals surface area contributed by atoms with E-state index in [1.807, 2.05) is 43.3 Å². The predicted molar refractivity (Wildman–Crippen MR) is 117 cm³/mol. The summed E-state index contributed by atoms with van der Waals surface area (Å²) >= 11 is 3.39. The normalized spacial score (nSPS) is 15.6. The van der Waals surface area contributed by atoms with Crippen LogP contribution in [-0.4, -0.2) is 17.8 Å². The summed E-state index contributed by atoms with van der Waals surface area (Å²) < 4.78 is 6.73. The van der Waals surface area contributed by atoms with Gasteiger partial charge in [-0.25, -0.2) is 9.69 Å². The van der Waals surface area contributed by atoms with Gasteiger partial charge < -0.3 is 4.42 Å². The molecule has 2 aromatic carbocycles. The molecule has 30 heavy (non-hydrogen) atoms. The van der Waals surface area contributed by atoms with Gasteiger partial charge in [0.2, 0.25) is 0 Å². The van der Waals surface area contributed by atoms with Crippen molar-refractivity contribution >= 4 is 45.5 Å². The van der Waals surface area contributed by atoms with Gasteiger partial charge in [-0.2, -0.15) is 0 Å². The molecule has 7 heteroatoms. The third-order valence-electron chi connectivity index (χ3n) is 4.75. The SMILES string of the molecule is CCc1ccc(N2C(=O)NC(=O)/C(=C/c3ccc(-c4ccc(Br)cc4)o3)C2=O)cc1. The van der Waals surface area contributed by atoms with Crippen molar-refractivity contribution in [3.05, 3.63) is 82.0 Å². The van der Waals surface area contributed by atoms with Crippen molar-refractivity contribution in [1.82, 2.24) is 5.32 Å². The topological polar surface area (TPSA) is 79.6 Å². The zero-order chi connectivity index (χ0) is 21.3. The number of carbonyl (C=O) groups is 3. The van der Waals surface area contributed by atoms with Crippen molar-refractivity contribution in [3.63, 3.8) is 0 Å². The van der Waals surface area contributed by atoms with Gasteiger partial charge in [0.1, 0.15) is 17.1 Å². The Morgan fingerprint density at radius 3 is 2.33 bits per heavy atom. The number of hydrogen-bond acceptors (Lipinski definition) is 4. The highest BCUT2D eigenvalue weighted by molar-refractivity contribution is 9.10. The number of amides is 4. The molecule has 1 saturated heterocycles. The molecule has 4 amide bonds. The van der Waals surface area contributed by atoms with Crippen molar-refractivity contribution < 1.29 is 18.8 Å². The number of benzene rings is 2. The van der Waals surface area contributed by atoms with Gasteiger partial charge in [-0.05, 0) is 54.5 Å². The van der Waals surface area contributed by atoms with E-state index in [4.69, 9.17) is 4.42 Å². The Balaban J connectivity index is 1.65. The van der Waals surface area contributed by atoms with Crippen molar-refractivity contribution in [3.8, 4) is 11.3 Å². The van der Waals surface area contributed by atoms with Crippen LogP contribution in [0.25, 0.3) is 17.4 Å². The third-order valence-corrected chi connectivity index (χ3v) is 5.28. The summed E-state index contributed by atoms with van der Waals surface area (Å²) in [6, 6.07) is 17.3. The molecule has 0 unspecified atom stereocenters. The summed E-state index contributed by atoms with van der Waals surface area (Å²) in [5, 5.41) is 2.21. The van der Waals surface area contributed by atoms with Gasteiger partial charge in [0.25, 0.3) is 11.8 Å². The molecule has 2 heterocycles. The van der Waals surface area contributed by atoms with Crippen molar-refractivity contribution in [2.45, 2.75) is 13.3 Å². The number of furan rings is 1. The Morgan fingerprint density at radius 1 is 0.967 bits per heavy atom. The highest BCUT2D eigenvalue weighted by atomic mass is 79.9. The number of nitrogens with zero attached hydrogens (tertiary/aromatic N) is 1. The van der Waals surface area contributed by atoms with Crippen LogP contribution in [0.1, 0.15) is 18.2 Å². The maximum absolute atomic E-state index is 12.9. The average molecular weight is 465 g/mol. The lowest BCUT2D eigenvalue weighted by atomic mass is 10.1. The number of halogens is 1. The lowest BCUT2D eigenvalue weighted by Gasteiger charge is -2.26. The molecule has 1 aliphatic heterocycles. The molecule has 0 aliphatic carbocycles. The van der Waals surface area contributed by atoms with E-state index in [-0.39, 0.29) is 5.57 Å². The summed E-state index contributed by atoms with van der Waals surface area (Å²) in [6.45, 7) is 2.01. The number of rotatable bonds is 4. The fourth-order valence-electron chi connectivity index (χ4n) is 3.11. The zero-order valence-electron chi connectivity index (χ0n) is 16.0. The van der Waals surface area contributed by atoms with E-state index in [2.05, 4.69) is 21.2 Å². The molecule has 1 aromatic heterocycles. The molecule has 4 rings (SSSR count). The van der Waals surface area contributed by atoms with Gasteiger partial charge in [-0.15, -0.1) is 0 Å². The van der Waals surface area contributed by atoms with Crippen LogP contribution >= 0.6 is 15.9 Å². The van der Waals surface area contributed by atoms with E-state index in [1.165, 1.54) is 6.08 Å². The van der Waals surface area contributed by atoms with Crippen LogP contribution in [-0.2, 0) is 16.0 Å². The van der Waals surface area contributed by atoms with E-state index in [1.54, 1.807) is 24.3 Å². The van der Waals surface area contributed by atoms with Crippen LogP contribution in [0, 0.1) is 0 Å². The molecule has 150 valence electrons. The number of nitrogens with one attached hydrogen (secondary N) is 1. The second-order valence-corrected chi connectivity index (χ2v) is 7.60. The first-order valence-electron chi connectivity index (χ1n) is 9.32. The lowest BCUT2D eigenvalue weighted by Crippen LogP contribution is -2.54. The van der Waals surface area contributed by atoms with E-state index >= 15 is 0 Å². The number of hydrogen-bond donors (Lipinski definition) is 1. The molecular formula is C23H17BrN2O4. The van der Waals surface area contributed by atoms with Gasteiger partial charge >= 0.3 is 6.03 Å². The van der Waals surface area contributed by atoms with Gasteiger partial charge in [0, 0.05) is 10.0 Å². The summed E-state index contributed by atoms with van der Waals surface area (Å²) in [6.07, 6.45) is 2.18. The Hall–Kier alpha value is -3.45. The molecule has 1 aliphatic rings. The number of aryl methyl sites for hydroxylation is 1. The molecule has 0 bridgehead atoms. The first-order chi connectivity index (χ1) is 14.5. The fourth-order valence-corrected chi connectivity index (χ4v) is 3.38. The monoisotopic (exact) mass is 464 g/mol. The Bertz CT molecular complexity index is 1160. The van der Waals surface area contributed by atoms with E-state index in [0.29, 0.717) is 17.2 Å². The standard InChI is InChI=1S/C23H17BrN2O4/c1-2-14-3-9-17(10-4-14)26-22(28)19(21(27)25-23(26)29)13-18-11-12-20(30-18)15-5-7-16(24)8-6-15/h3-13H,2H2,1H3,(H,25,27,29)/b19-13-. The summed E-state index contributed by atoms with van der Waals surface area (Å²) in [5.41, 5.74) is 2.15. The van der Waals surface area contributed by atoms with Crippen LogP contribution in [0.2, 0.25) is 0 Å². The number of barbiturate groups is 1. The van der Waals surface area contributed by atoms with Gasteiger partial charge in [-0.1, -0.05) is 47.1 Å². The first kappa shape index (κ1) is 19.8. The van der Waals surface area contributed by atoms with Gasteiger partial charge in [-0.3, -0.25) is 14.9 Å². The Labute approximate surface area is 181 Å². The highest BCUT2D eigenvalue weighted by Gasteiger charge is 2.37. The molecule has 1 N–H and O–H groups in total. The number of anilines is 1. The molecular weight excluding hydrogens is 448 g/mol. The molecule has 0 spiro atoms.